The molecular formula is C31H29N9O2. The lowest BCUT2D eigenvalue weighted by molar-refractivity contribution is 0.0931. The molecule has 0 fully saturated rings. The number of fused-ring (bicyclic) bond motifs is 2. The van der Waals surface area contributed by atoms with Gasteiger partial charge < -0.3 is 11.1 Å². The van der Waals surface area contributed by atoms with Crippen molar-refractivity contribution in [3.05, 3.63) is 112 Å². The van der Waals surface area contributed by atoms with Gasteiger partial charge in [0, 0.05) is 18.8 Å². The van der Waals surface area contributed by atoms with E-state index in [4.69, 9.17) is 10.7 Å². The zero-order valence-corrected chi connectivity index (χ0v) is 22.5. The smallest absolute Gasteiger partial charge is 0.274 e. The van der Waals surface area contributed by atoms with Crippen molar-refractivity contribution in [2.75, 3.05) is 5.73 Å². The van der Waals surface area contributed by atoms with Crippen molar-refractivity contribution in [1.82, 2.24) is 39.2 Å². The average Bonchev–Trinajstić information content (AvgIpc) is 3.49. The molecular weight excluding hydrogens is 530 g/mol. The number of hydrogen-bond acceptors (Lipinski definition) is 7. The summed E-state index contributed by atoms with van der Waals surface area (Å²) in [6.45, 7) is 3.69. The minimum atomic E-state index is -0.693. The van der Waals surface area contributed by atoms with E-state index in [1.54, 1.807) is 54.3 Å². The Morgan fingerprint density at radius 2 is 1.74 bits per heavy atom. The van der Waals surface area contributed by atoms with Crippen LogP contribution in [0.2, 0.25) is 0 Å². The van der Waals surface area contributed by atoms with E-state index in [1.807, 2.05) is 44.3 Å². The van der Waals surface area contributed by atoms with Gasteiger partial charge in [-0.05, 0) is 50.2 Å². The number of imidazole rings is 1. The third-order valence-corrected chi connectivity index (χ3v) is 6.87. The van der Waals surface area contributed by atoms with Crippen LogP contribution in [0.25, 0.3) is 22.2 Å². The molecule has 0 spiro atoms. The molecule has 3 N–H and O–H groups in total. The molecule has 0 bridgehead atoms. The molecule has 6 aromatic rings. The lowest BCUT2D eigenvalue weighted by atomic mass is 10.1. The number of carbonyl (C=O) groups is 1. The van der Waals surface area contributed by atoms with Gasteiger partial charge in [-0.15, -0.1) is 0 Å². The number of carbonyl (C=O) groups excluding carboxylic acids is 1. The van der Waals surface area contributed by atoms with Gasteiger partial charge in [0.05, 0.1) is 40.1 Å². The fourth-order valence-corrected chi connectivity index (χ4v) is 4.67. The first-order chi connectivity index (χ1) is 19.8. The molecule has 11 nitrogen and oxygen atoms in total. The topological polar surface area (TPSA) is 138 Å². The van der Waals surface area contributed by atoms with Gasteiger partial charge in [-0.25, -0.2) is 14.5 Å². The number of amides is 1. The van der Waals surface area contributed by atoms with Crippen molar-refractivity contribution >= 4 is 28.3 Å². The van der Waals surface area contributed by atoms with Crippen LogP contribution in [0.15, 0.2) is 77.9 Å². The molecule has 11 heteroatoms. The standard InChI is InChI=1S/C30H25N9O2.CH4/c1-18(34-29(40)26-27(31)36-24-13-8-16-32-39(24)26)28-35-23-12-7-9-20(14-15-21-17-33-37(3)19(21)2)25(23)30(41)38(28)22-10-5-4-6-11-22;/h4-13,16-18H,31H2,1-3H3,(H,34,40);1H4/t18-;/m0./s1. The van der Waals surface area contributed by atoms with Gasteiger partial charge in [0.1, 0.15) is 5.82 Å². The maximum Gasteiger partial charge on any atom is 0.274 e. The first kappa shape index (κ1) is 27.8. The first-order valence-electron chi connectivity index (χ1n) is 12.9. The highest BCUT2D eigenvalue weighted by molar-refractivity contribution is 5.98. The van der Waals surface area contributed by atoms with E-state index in [-0.39, 0.29) is 24.5 Å². The van der Waals surface area contributed by atoms with Crippen molar-refractivity contribution in [2.24, 2.45) is 7.05 Å². The maximum absolute atomic E-state index is 14.2. The van der Waals surface area contributed by atoms with Crippen LogP contribution in [0.5, 0.6) is 0 Å². The molecule has 4 heterocycles. The molecule has 0 aliphatic carbocycles. The Labute approximate surface area is 241 Å². The van der Waals surface area contributed by atoms with Crippen LogP contribution in [0.1, 0.15) is 53.5 Å². The second-order valence-corrected chi connectivity index (χ2v) is 9.50. The van der Waals surface area contributed by atoms with Crippen LogP contribution in [-0.4, -0.2) is 39.8 Å². The molecule has 0 saturated carbocycles. The number of hydrogen-bond donors (Lipinski definition) is 2. The van der Waals surface area contributed by atoms with Gasteiger partial charge in [-0.2, -0.15) is 10.2 Å². The summed E-state index contributed by atoms with van der Waals surface area (Å²) < 4.78 is 4.63. The molecule has 0 aliphatic rings. The zero-order chi connectivity index (χ0) is 28.7. The van der Waals surface area contributed by atoms with E-state index in [2.05, 4.69) is 32.3 Å². The predicted octanol–water partition coefficient (Wildman–Crippen LogP) is 3.58. The number of para-hydroxylation sites is 1. The fraction of sp³-hybridized carbons (Fsp3) is 0.161. The molecule has 42 heavy (non-hydrogen) atoms. The Balaban J connectivity index is 0.00000353. The van der Waals surface area contributed by atoms with E-state index in [0.717, 1.165) is 11.3 Å². The highest BCUT2D eigenvalue weighted by Gasteiger charge is 2.24. The Kier molecular flexibility index (Phi) is 7.29. The summed E-state index contributed by atoms with van der Waals surface area (Å²) in [7, 11) is 1.85. The van der Waals surface area contributed by atoms with Gasteiger partial charge in [-0.1, -0.05) is 43.5 Å². The summed E-state index contributed by atoms with van der Waals surface area (Å²) in [6.07, 6.45) is 3.24. The largest absolute Gasteiger partial charge is 0.382 e. The van der Waals surface area contributed by atoms with Crippen molar-refractivity contribution < 1.29 is 4.79 Å². The second-order valence-electron chi connectivity index (χ2n) is 9.50. The second kappa shape index (κ2) is 11.0. The minimum Gasteiger partial charge on any atom is -0.382 e. The Hall–Kier alpha value is -5.76. The fourth-order valence-electron chi connectivity index (χ4n) is 4.67. The number of aromatic nitrogens is 7. The summed E-state index contributed by atoms with van der Waals surface area (Å²) in [6, 6.07) is 17.2. The summed E-state index contributed by atoms with van der Waals surface area (Å²) >= 11 is 0. The maximum atomic E-state index is 14.2. The normalized spacial score (nSPS) is 11.5. The van der Waals surface area contributed by atoms with Gasteiger partial charge in [-0.3, -0.25) is 18.8 Å². The monoisotopic (exact) mass is 559 g/mol. The number of nitrogens with one attached hydrogen (secondary N) is 1. The highest BCUT2D eigenvalue weighted by atomic mass is 16.2. The quantitative estimate of drug-likeness (QED) is 0.315. The number of nitrogens with zero attached hydrogens (tertiary/aromatic N) is 7. The van der Waals surface area contributed by atoms with Crippen molar-refractivity contribution in [3.63, 3.8) is 0 Å². The van der Waals surface area contributed by atoms with Crippen LogP contribution in [0.4, 0.5) is 5.82 Å². The number of nitrogens with two attached hydrogens (primary N) is 1. The SMILES string of the molecule is C.Cc1c(C#Cc2cccc3nc([C@H](C)NC(=O)c4c(N)nc5cccnn45)n(-c4ccccc4)c(=O)c23)cnn1C. The average molecular weight is 560 g/mol. The summed E-state index contributed by atoms with van der Waals surface area (Å²) in [5.41, 5.74) is 9.61. The van der Waals surface area contributed by atoms with Crippen LogP contribution in [0.3, 0.4) is 0 Å². The van der Waals surface area contributed by atoms with Crippen LogP contribution in [0, 0.1) is 18.8 Å². The molecule has 210 valence electrons. The number of nitrogen functional groups attached to an aromatic ring is 1. The van der Waals surface area contributed by atoms with E-state index < -0.39 is 11.9 Å². The zero-order valence-electron chi connectivity index (χ0n) is 22.5. The first-order valence-corrected chi connectivity index (χ1v) is 12.9. The molecule has 0 unspecified atom stereocenters. The van der Waals surface area contributed by atoms with Crippen molar-refractivity contribution in [3.8, 4) is 17.5 Å². The number of benzene rings is 2. The van der Waals surface area contributed by atoms with Gasteiger partial charge in [0.15, 0.2) is 17.2 Å². The highest BCUT2D eigenvalue weighted by Crippen LogP contribution is 2.21. The van der Waals surface area contributed by atoms with E-state index >= 15 is 0 Å². The number of anilines is 1. The van der Waals surface area contributed by atoms with E-state index in [9.17, 15) is 9.59 Å². The minimum absolute atomic E-state index is 0. The molecule has 6 rings (SSSR count). The van der Waals surface area contributed by atoms with E-state index in [0.29, 0.717) is 33.6 Å². The lowest BCUT2D eigenvalue weighted by Gasteiger charge is -2.20. The Morgan fingerprint density at radius 1 is 0.976 bits per heavy atom. The lowest BCUT2D eigenvalue weighted by Crippen LogP contribution is -2.34. The van der Waals surface area contributed by atoms with Gasteiger partial charge in [0.2, 0.25) is 0 Å². The third-order valence-electron chi connectivity index (χ3n) is 6.87. The molecule has 0 aliphatic heterocycles. The molecule has 1 amide bonds. The number of rotatable bonds is 4. The van der Waals surface area contributed by atoms with Crippen LogP contribution in [-0.2, 0) is 7.05 Å². The Bertz CT molecular complexity index is 2080. The van der Waals surface area contributed by atoms with Crippen molar-refractivity contribution in [1.29, 1.82) is 0 Å². The number of aryl methyl sites for hydroxylation is 1. The van der Waals surface area contributed by atoms with Gasteiger partial charge >= 0.3 is 0 Å². The molecule has 0 saturated heterocycles. The molecule has 0 radical (unpaired) electrons. The molecule has 1 atom stereocenters. The predicted molar refractivity (Wildman–Crippen MR) is 161 cm³/mol. The summed E-state index contributed by atoms with van der Waals surface area (Å²) in [5, 5.41) is 11.7. The van der Waals surface area contributed by atoms with Gasteiger partial charge in [0.25, 0.3) is 11.5 Å². The van der Waals surface area contributed by atoms with Crippen LogP contribution >= 0.6 is 0 Å². The third kappa shape index (κ3) is 4.75. The van der Waals surface area contributed by atoms with Crippen LogP contribution < -0.4 is 16.6 Å². The Morgan fingerprint density at radius 3 is 2.48 bits per heavy atom. The van der Waals surface area contributed by atoms with Crippen molar-refractivity contribution in [2.45, 2.75) is 27.3 Å². The van der Waals surface area contributed by atoms with E-state index in [1.165, 1.54) is 9.08 Å². The summed E-state index contributed by atoms with van der Waals surface area (Å²) in [4.78, 5) is 36.7. The summed E-state index contributed by atoms with van der Waals surface area (Å²) in [5.74, 6) is 6.17. The molecule has 2 aromatic carbocycles. The molecule has 4 aromatic heterocycles.